The highest BCUT2D eigenvalue weighted by molar-refractivity contribution is 4.81. The van der Waals surface area contributed by atoms with Crippen molar-refractivity contribution < 1.29 is 4.57 Å². The van der Waals surface area contributed by atoms with E-state index in [1.54, 1.807) is 0 Å². The second-order valence-electron chi connectivity index (χ2n) is 7.38. The summed E-state index contributed by atoms with van der Waals surface area (Å²) in [5, 5.41) is 0. The Bertz CT molecular complexity index is 419. The highest BCUT2D eigenvalue weighted by atomic mass is 15.0. The van der Waals surface area contributed by atoms with Gasteiger partial charge >= 0.3 is 0 Å². The summed E-state index contributed by atoms with van der Waals surface area (Å²) in [6, 6.07) is 0. The third-order valence-corrected chi connectivity index (χ3v) is 5.12. The van der Waals surface area contributed by atoms with Crippen LogP contribution >= 0.6 is 0 Å². The van der Waals surface area contributed by atoms with E-state index in [1.807, 2.05) is 0 Å². The van der Waals surface area contributed by atoms with E-state index in [1.165, 1.54) is 102 Å². The summed E-state index contributed by atoms with van der Waals surface area (Å²) in [4.78, 5) is 3.36. The third kappa shape index (κ3) is 12.0. The van der Waals surface area contributed by atoms with Crippen molar-refractivity contribution in [3.8, 4) is 0 Å². The van der Waals surface area contributed by atoms with Crippen molar-refractivity contribution in [3.05, 3.63) is 30.4 Å². The predicted octanol–water partition coefficient (Wildman–Crippen LogP) is 6.90. The first kappa shape index (κ1) is 22.0. The molecule has 25 heavy (non-hydrogen) atoms. The van der Waals surface area contributed by atoms with Crippen molar-refractivity contribution in [2.45, 2.75) is 117 Å². The first-order chi connectivity index (χ1) is 12.4. The average Bonchev–Trinajstić information content (AvgIpc) is 3.09. The Labute approximate surface area is 157 Å². The molecule has 1 heterocycles. The molecule has 0 aliphatic heterocycles. The minimum atomic E-state index is 1.07. The van der Waals surface area contributed by atoms with Crippen molar-refractivity contribution in [3.63, 3.8) is 0 Å². The van der Waals surface area contributed by atoms with E-state index in [0.717, 1.165) is 6.54 Å². The number of allylic oxidation sites excluding steroid dienone is 2. The fourth-order valence-corrected chi connectivity index (χ4v) is 3.45. The number of aryl methyl sites for hydroxylation is 2. The van der Waals surface area contributed by atoms with Gasteiger partial charge in [-0.3, -0.25) is 0 Å². The fraction of sp³-hybridized carbons (Fsp3) is 0.783. The fourth-order valence-electron chi connectivity index (χ4n) is 3.45. The molecule has 1 N–H and O–H groups in total. The van der Waals surface area contributed by atoms with Gasteiger partial charge in [0.1, 0.15) is 12.4 Å². The lowest BCUT2D eigenvalue weighted by molar-refractivity contribution is -0.699. The van der Waals surface area contributed by atoms with Gasteiger partial charge < -0.3 is 0 Å². The number of aromatic nitrogens is 2. The van der Waals surface area contributed by atoms with Crippen LogP contribution < -0.4 is 4.57 Å². The molecule has 0 amide bonds. The van der Waals surface area contributed by atoms with Crippen LogP contribution in [0.15, 0.2) is 24.5 Å². The van der Waals surface area contributed by atoms with Crippen LogP contribution in [-0.4, -0.2) is 4.98 Å². The molecule has 2 nitrogen and oxygen atoms in total. The summed E-state index contributed by atoms with van der Waals surface area (Å²) in [7, 11) is 0. The van der Waals surface area contributed by atoms with E-state index in [-0.39, 0.29) is 0 Å². The molecule has 2 heteroatoms. The second-order valence-corrected chi connectivity index (χ2v) is 7.38. The Morgan fingerprint density at radius 1 is 0.760 bits per heavy atom. The van der Waals surface area contributed by atoms with Gasteiger partial charge in [0, 0.05) is 6.42 Å². The van der Waals surface area contributed by atoms with Gasteiger partial charge in [0.15, 0.2) is 0 Å². The molecule has 0 unspecified atom stereocenters. The molecule has 0 atom stereocenters. The average molecular weight is 348 g/mol. The number of unbranched alkanes of at least 4 members (excludes halogenated alkanes) is 12. The Kier molecular flexibility index (Phi) is 14.4. The number of hydrogen-bond donors (Lipinski definition) is 1. The molecule has 0 fully saturated rings. The van der Waals surface area contributed by atoms with E-state index in [2.05, 4.69) is 47.9 Å². The van der Waals surface area contributed by atoms with E-state index < -0.39 is 0 Å². The molecular formula is C23H43N2+. The van der Waals surface area contributed by atoms with Crippen molar-refractivity contribution in [2.75, 3.05) is 0 Å². The van der Waals surface area contributed by atoms with Crippen LogP contribution in [-0.2, 0) is 13.0 Å². The van der Waals surface area contributed by atoms with Gasteiger partial charge in [-0.2, -0.15) is 0 Å². The molecule has 0 radical (unpaired) electrons. The normalized spacial score (nSPS) is 11.6. The summed E-state index contributed by atoms with van der Waals surface area (Å²) >= 11 is 0. The Morgan fingerprint density at radius 2 is 1.32 bits per heavy atom. The number of imidazole rings is 1. The lowest BCUT2D eigenvalue weighted by Gasteiger charge is -2.01. The van der Waals surface area contributed by atoms with Gasteiger partial charge in [-0.15, -0.1) is 0 Å². The van der Waals surface area contributed by atoms with E-state index in [4.69, 9.17) is 0 Å². The monoisotopic (exact) mass is 347 g/mol. The molecule has 1 rings (SSSR count). The smallest absolute Gasteiger partial charge is 0.248 e. The summed E-state index contributed by atoms with van der Waals surface area (Å²) in [5.74, 6) is 1.39. The largest absolute Gasteiger partial charge is 0.254 e. The number of nitrogens with zero attached hydrogens (tertiary/aromatic N) is 1. The van der Waals surface area contributed by atoms with Crippen molar-refractivity contribution >= 4 is 0 Å². The zero-order chi connectivity index (χ0) is 18.0. The Hall–Kier alpha value is -1.05. The van der Waals surface area contributed by atoms with Crippen molar-refractivity contribution in [1.29, 1.82) is 0 Å². The zero-order valence-corrected chi connectivity index (χ0v) is 17.1. The molecule has 0 saturated carbocycles. The summed E-state index contributed by atoms with van der Waals surface area (Å²) < 4.78 is 2.32. The van der Waals surface area contributed by atoms with Gasteiger partial charge in [0.25, 0.3) is 5.82 Å². The summed E-state index contributed by atoms with van der Waals surface area (Å²) in [6.45, 7) is 5.57. The first-order valence-electron chi connectivity index (χ1n) is 11.1. The number of aromatic amines is 1. The Balaban J connectivity index is 1.80. The molecule has 1 aromatic heterocycles. The van der Waals surface area contributed by atoms with Crippen LogP contribution in [0.2, 0.25) is 0 Å². The maximum absolute atomic E-state index is 3.36. The van der Waals surface area contributed by atoms with Crippen LogP contribution in [0, 0.1) is 0 Å². The zero-order valence-electron chi connectivity index (χ0n) is 17.1. The second kappa shape index (κ2) is 16.4. The molecular weight excluding hydrogens is 304 g/mol. The molecule has 0 aromatic carbocycles. The van der Waals surface area contributed by atoms with Crippen LogP contribution in [0.5, 0.6) is 0 Å². The lowest BCUT2D eigenvalue weighted by atomic mass is 10.1. The number of rotatable bonds is 17. The molecule has 0 aliphatic carbocycles. The topological polar surface area (TPSA) is 19.7 Å². The minimum Gasteiger partial charge on any atom is -0.248 e. The summed E-state index contributed by atoms with van der Waals surface area (Å²) in [5.41, 5.74) is 0. The molecule has 0 bridgehead atoms. The molecule has 144 valence electrons. The third-order valence-electron chi connectivity index (χ3n) is 5.12. The highest BCUT2D eigenvalue weighted by Crippen LogP contribution is 2.10. The van der Waals surface area contributed by atoms with E-state index >= 15 is 0 Å². The standard InChI is InChI=1S/C23H42N2/c1-3-5-6-7-8-9-10-11-12-13-14-15-16-17-18-19-20-23-24-21-22-25(23)4-2/h11-12,21-22H,3-10,13-20H2,1-2H3/p+1. The van der Waals surface area contributed by atoms with Crippen LogP contribution in [0.4, 0.5) is 0 Å². The quantitative estimate of drug-likeness (QED) is 0.180. The minimum absolute atomic E-state index is 1.07. The highest BCUT2D eigenvalue weighted by Gasteiger charge is 2.07. The molecule has 1 aromatic rings. The number of nitrogens with one attached hydrogen (secondary N) is 1. The van der Waals surface area contributed by atoms with Crippen molar-refractivity contribution in [1.82, 2.24) is 4.98 Å². The predicted molar refractivity (Wildman–Crippen MR) is 110 cm³/mol. The first-order valence-corrected chi connectivity index (χ1v) is 11.1. The maximum atomic E-state index is 3.36. The van der Waals surface area contributed by atoms with Crippen molar-refractivity contribution in [2.24, 2.45) is 0 Å². The van der Waals surface area contributed by atoms with Crippen LogP contribution in [0.3, 0.4) is 0 Å². The van der Waals surface area contributed by atoms with Crippen LogP contribution in [0.25, 0.3) is 0 Å². The maximum Gasteiger partial charge on any atom is 0.254 e. The number of H-pyrrole nitrogens is 1. The number of hydrogen-bond acceptors (Lipinski definition) is 0. The van der Waals surface area contributed by atoms with Gasteiger partial charge in [-0.25, -0.2) is 9.55 Å². The van der Waals surface area contributed by atoms with Gasteiger partial charge in [-0.1, -0.05) is 76.9 Å². The molecule has 0 aliphatic rings. The van der Waals surface area contributed by atoms with Gasteiger partial charge in [-0.05, 0) is 39.0 Å². The van der Waals surface area contributed by atoms with Gasteiger partial charge in [0.2, 0.25) is 0 Å². The molecule has 0 spiro atoms. The Morgan fingerprint density at radius 3 is 1.92 bits per heavy atom. The van der Waals surface area contributed by atoms with Gasteiger partial charge in [0.05, 0.1) is 6.54 Å². The summed E-state index contributed by atoms with van der Waals surface area (Å²) in [6.07, 6.45) is 29.5. The molecule has 0 saturated heterocycles. The SMILES string of the molecule is CCCCCCCCC=CCCCCCCCCc1[nH]cc[n+]1CC. The van der Waals surface area contributed by atoms with E-state index in [0.29, 0.717) is 0 Å². The van der Waals surface area contributed by atoms with Crippen LogP contribution in [0.1, 0.15) is 110 Å². The lowest BCUT2D eigenvalue weighted by Crippen LogP contribution is -2.34. The van der Waals surface area contributed by atoms with E-state index in [9.17, 15) is 0 Å².